The van der Waals surface area contributed by atoms with Gasteiger partial charge in [0.05, 0.1) is 0 Å². The summed E-state index contributed by atoms with van der Waals surface area (Å²) in [5.74, 6) is -0.0952. The Bertz CT molecular complexity index is 562. The van der Waals surface area contributed by atoms with Crippen molar-refractivity contribution in [2.24, 2.45) is 0 Å². The van der Waals surface area contributed by atoms with Crippen LogP contribution in [0.1, 0.15) is 31.2 Å². The monoisotopic (exact) mass is 333 g/mol. The molecule has 6 heteroatoms. The third kappa shape index (κ3) is 3.93. The molecule has 2 amide bonds. The highest BCUT2D eigenvalue weighted by atomic mass is 16.5. The first-order chi connectivity index (χ1) is 11.5. The number of ether oxygens (including phenoxy) is 1. The predicted molar refractivity (Wildman–Crippen MR) is 91.4 cm³/mol. The first-order valence-corrected chi connectivity index (χ1v) is 8.41. The molecule has 0 N–H and O–H groups in total. The molecule has 0 unspecified atom stereocenters. The summed E-state index contributed by atoms with van der Waals surface area (Å²) in [4.78, 5) is 32.8. The summed E-state index contributed by atoms with van der Waals surface area (Å²) in [7, 11) is 5.01. The van der Waals surface area contributed by atoms with Crippen LogP contribution in [0.25, 0.3) is 0 Å². The average molecular weight is 333 g/mol. The van der Waals surface area contributed by atoms with Gasteiger partial charge >= 0.3 is 0 Å². The summed E-state index contributed by atoms with van der Waals surface area (Å²) in [5, 5.41) is 0. The van der Waals surface area contributed by atoms with E-state index in [2.05, 4.69) is 4.98 Å². The van der Waals surface area contributed by atoms with Gasteiger partial charge in [-0.15, -0.1) is 0 Å². The van der Waals surface area contributed by atoms with Crippen molar-refractivity contribution < 1.29 is 14.3 Å². The Kier molecular flexibility index (Phi) is 6.31. The summed E-state index contributed by atoms with van der Waals surface area (Å²) < 4.78 is 5.00. The number of likely N-dealkylation sites (N-methyl/N-ethyl adjacent to an activating group) is 1. The van der Waals surface area contributed by atoms with E-state index in [0.29, 0.717) is 19.4 Å². The van der Waals surface area contributed by atoms with Gasteiger partial charge in [0.25, 0.3) is 0 Å². The van der Waals surface area contributed by atoms with Crippen molar-refractivity contribution in [2.45, 2.75) is 37.6 Å². The summed E-state index contributed by atoms with van der Waals surface area (Å²) >= 11 is 0. The van der Waals surface area contributed by atoms with Crippen molar-refractivity contribution in [3.8, 4) is 0 Å². The lowest BCUT2D eigenvalue weighted by molar-refractivity contribution is -0.152. The number of nitrogens with zero attached hydrogens (tertiary/aromatic N) is 3. The molecule has 6 nitrogen and oxygen atoms in total. The van der Waals surface area contributed by atoms with Crippen LogP contribution in [0.3, 0.4) is 0 Å². The second-order valence-electron chi connectivity index (χ2n) is 6.53. The number of carbonyl (C=O) groups is 2. The van der Waals surface area contributed by atoms with E-state index in [9.17, 15) is 9.59 Å². The number of rotatable bonds is 7. The molecular weight excluding hydrogens is 306 g/mol. The average Bonchev–Trinajstić information content (AvgIpc) is 3.00. The lowest BCUT2D eigenvalue weighted by Gasteiger charge is -2.39. The zero-order valence-electron chi connectivity index (χ0n) is 14.8. The number of likely N-dealkylation sites (tertiary alicyclic amines) is 1. The van der Waals surface area contributed by atoms with Gasteiger partial charge in [0.15, 0.2) is 0 Å². The van der Waals surface area contributed by atoms with Crippen molar-refractivity contribution in [3.05, 3.63) is 30.1 Å². The number of aryl methyl sites for hydroxylation is 1. The number of methoxy groups -OCH3 is 1. The number of amides is 2. The van der Waals surface area contributed by atoms with Crippen LogP contribution in [0.5, 0.6) is 0 Å². The van der Waals surface area contributed by atoms with Gasteiger partial charge in [-0.3, -0.25) is 14.6 Å². The van der Waals surface area contributed by atoms with Crippen LogP contribution in [0, 0.1) is 0 Å². The van der Waals surface area contributed by atoms with Crippen LogP contribution in [0.4, 0.5) is 0 Å². The fourth-order valence-corrected chi connectivity index (χ4v) is 3.58. The third-order valence-electron chi connectivity index (χ3n) is 4.64. The van der Waals surface area contributed by atoms with Gasteiger partial charge in [-0.05, 0) is 43.7 Å². The Labute approximate surface area is 143 Å². The van der Waals surface area contributed by atoms with Crippen LogP contribution in [0.15, 0.2) is 24.5 Å². The number of pyridine rings is 1. The molecule has 1 saturated heterocycles. The zero-order chi connectivity index (χ0) is 17.6. The number of hydrogen-bond donors (Lipinski definition) is 0. The quantitative estimate of drug-likeness (QED) is 0.759. The van der Waals surface area contributed by atoms with Gasteiger partial charge in [-0.1, -0.05) is 6.07 Å². The first kappa shape index (κ1) is 18.4. The molecule has 0 saturated carbocycles. The Morgan fingerprint density at radius 2 is 2.21 bits per heavy atom. The minimum Gasteiger partial charge on any atom is -0.375 e. The van der Waals surface area contributed by atoms with Crippen LogP contribution >= 0.6 is 0 Å². The molecule has 0 spiro atoms. The summed E-state index contributed by atoms with van der Waals surface area (Å²) in [6.45, 7) is 0.639. The Morgan fingerprint density at radius 3 is 2.83 bits per heavy atom. The molecule has 0 radical (unpaired) electrons. The molecule has 0 bridgehead atoms. The second-order valence-corrected chi connectivity index (χ2v) is 6.53. The molecule has 1 atom stereocenters. The second kappa shape index (κ2) is 8.24. The van der Waals surface area contributed by atoms with E-state index in [-0.39, 0.29) is 18.4 Å². The number of aromatic nitrogens is 1. The summed E-state index contributed by atoms with van der Waals surface area (Å²) in [6.07, 6.45) is 7.51. The van der Waals surface area contributed by atoms with Gasteiger partial charge in [0.2, 0.25) is 11.8 Å². The van der Waals surface area contributed by atoms with E-state index in [4.69, 9.17) is 4.74 Å². The van der Waals surface area contributed by atoms with E-state index in [1.54, 1.807) is 30.1 Å². The van der Waals surface area contributed by atoms with Gasteiger partial charge < -0.3 is 14.5 Å². The lowest BCUT2D eigenvalue weighted by atomic mass is 9.87. The molecule has 1 fully saturated rings. The van der Waals surface area contributed by atoms with Crippen LogP contribution in [0.2, 0.25) is 0 Å². The Hall–Kier alpha value is -1.95. The van der Waals surface area contributed by atoms with Crippen LogP contribution < -0.4 is 0 Å². The maximum Gasteiger partial charge on any atom is 0.249 e. The fraction of sp³-hybridized carbons (Fsp3) is 0.611. The third-order valence-corrected chi connectivity index (χ3v) is 4.64. The molecule has 1 aliphatic rings. The predicted octanol–water partition coefficient (Wildman–Crippen LogP) is 1.50. The molecule has 1 aromatic rings. The van der Waals surface area contributed by atoms with Crippen LogP contribution in [-0.2, 0) is 20.7 Å². The summed E-state index contributed by atoms with van der Waals surface area (Å²) in [6, 6.07) is 3.95. The molecular formula is C18H27N3O3. The molecule has 2 heterocycles. The number of hydrogen-bond acceptors (Lipinski definition) is 4. The highest BCUT2D eigenvalue weighted by Crippen LogP contribution is 2.35. The number of carbonyl (C=O) groups excluding carboxylic acids is 2. The molecule has 24 heavy (non-hydrogen) atoms. The Morgan fingerprint density at radius 1 is 1.42 bits per heavy atom. The largest absolute Gasteiger partial charge is 0.375 e. The maximum atomic E-state index is 12.9. The van der Waals surface area contributed by atoms with Crippen molar-refractivity contribution in [3.63, 3.8) is 0 Å². The molecule has 132 valence electrons. The van der Waals surface area contributed by atoms with Gasteiger partial charge in [0.1, 0.15) is 12.1 Å². The smallest absolute Gasteiger partial charge is 0.249 e. The molecule has 1 aliphatic heterocycles. The lowest BCUT2D eigenvalue weighted by Crippen LogP contribution is -2.57. The zero-order valence-corrected chi connectivity index (χ0v) is 14.8. The van der Waals surface area contributed by atoms with E-state index < -0.39 is 5.54 Å². The van der Waals surface area contributed by atoms with E-state index in [1.807, 2.05) is 18.3 Å². The topological polar surface area (TPSA) is 62.7 Å². The Balaban J connectivity index is 2.14. The van der Waals surface area contributed by atoms with Crippen LogP contribution in [-0.4, -0.2) is 66.5 Å². The molecule has 0 aromatic carbocycles. The first-order valence-electron chi connectivity index (χ1n) is 8.41. The van der Waals surface area contributed by atoms with Crippen molar-refractivity contribution in [1.29, 1.82) is 0 Å². The van der Waals surface area contributed by atoms with E-state index >= 15 is 0 Å². The van der Waals surface area contributed by atoms with Gasteiger partial charge in [-0.2, -0.15) is 0 Å². The van der Waals surface area contributed by atoms with E-state index in [0.717, 1.165) is 24.8 Å². The van der Waals surface area contributed by atoms with Crippen molar-refractivity contribution >= 4 is 11.8 Å². The fourth-order valence-electron chi connectivity index (χ4n) is 3.58. The standard InChI is InChI=1S/C18H27N3O3/c1-20(2)17(23)18(9-4-7-15-8-5-11-19-13-15)10-6-12-21(18)16(22)14-24-3/h5,8,11,13H,4,6-7,9-10,12,14H2,1-3H3/t18-/m0/s1. The minimum absolute atomic E-state index is 0.00985. The highest BCUT2D eigenvalue weighted by molar-refractivity contribution is 5.92. The molecule has 0 aliphatic carbocycles. The van der Waals surface area contributed by atoms with E-state index in [1.165, 1.54) is 7.11 Å². The van der Waals surface area contributed by atoms with Crippen molar-refractivity contribution in [1.82, 2.24) is 14.8 Å². The van der Waals surface area contributed by atoms with Gasteiger partial charge in [0, 0.05) is 40.1 Å². The molecule has 2 rings (SSSR count). The maximum absolute atomic E-state index is 12.9. The highest BCUT2D eigenvalue weighted by Gasteiger charge is 2.49. The van der Waals surface area contributed by atoms with Gasteiger partial charge in [-0.25, -0.2) is 0 Å². The minimum atomic E-state index is -0.735. The normalized spacial score (nSPS) is 20.2. The van der Waals surface area contributed by atoms with Crippen molar-refractivity contribution in [2.75, 3.05) is 34.4 Å². The SMILES string of the molecule is COCC(=O)N1CCC[C@@]1(CCCc1cccnc1)C(=O)N(C)C. The molecule has 1 aromatic heterocycles. The summed E-state index contributed by atoms with van der Waals surface area (Å²) in [5.41, 5.74) is 0.416.